The van der Waals surface area contributed by atoms with Crippen molar-refractivity contribution in [2.24, 2.45) is 0 Å². The van der Waals surface area contributed by atoms with Crippen LogP contribution in [0.1, 0.15) is 11.5 Å². The van der Waals surface area contributed by atoms with Gasteiger partial charge in [-0.25, -0.2) is 14.6 Å². The molecule has 0 amide bonds. The molecule has 2 heterocycles. The number of benzene rings is 1. The van der Waals surface area contributed by atoms with E-state index in [1.54, 1.807) is 4.80 Å². The van der Waals surface area contributed by atoms with E-state index in [0.29, 0.717) is 0 Å². The highest BCUT2D eigenvalue weighted by atomic mass is 19.4. The molecule has 0 fully saturated rings. The lowest BCUT2D eigenvalue weighted by Crippen LogP contribution is -2.24. The molecule has 10 nitrogen and oxygen atoms in total. The monoisotopic (exact) mass is 498 g/mol. The number of H-pyrrole nitrogens is 1. The number of aliphatic carboxylic acids is 2. The van der Waals surface area contributed by atoms with Gasteiger partial charge in [0.05, 0.1) is 13.1 Å². The molecule has 16 heteroatoms. The number of imidazole rings is 1. The average molecular weight is 498 g/mol. The number of halogens is 6. The standard InChI is InChI=1S/C14H18N6.2C2HF3O2/c1-11-9-15-14(16-11)10-19(2)7-8-20-17-12-5-3-4-6-13(12)18-20;2*3-2(4,5)1(6)7/h3-6,9H,7-8,10H2,1-2H3,(H,15,16);2*(H,6,7). The van der Waals surface area contributed by atoms with Crippen molar-refractivity contribution in [2.75, 3.05) is 13.6 Å². The second-order valence-corrected chi connectivity index (χ2v) is 6.64. The van der Waals surface area contributed by atoms with Crippen LogP contribution in [0.15, 0.2) is 30.5 Å². The zero-order chi connectivity index (χ0) is 26.1. The van der Waals surface area contributed by atoms with E-state index in [1.807, 2.05) is 37.4 Å². The molecular formula is C18H20F6N6O4. The van der Waals surface area contributed by atoms with Crippen LogP contribution in [-0.2, 0) is 22.7 Å². The van der Waals surface area contributed by atoms with Gasteiger partial charge in [-0.3, -0.25) is 4.90 Å². The third-order valence-corrected chi connectivity index (χ3v) is 3.67. The molecule has 2 aromatic heterocycles. The van der Waals surface area contributed by atoms with E-state index in [4.69, 9.17) is 19.8 Å². The number of rotatable bonds is 5. The Bertz CT molecular complexity index is 1020. The van der Waals surface area contributed by atoms with Gasteiger partial charge in [-0.1, -0.05) is 12.1 Å². The Balaban J connectivity index is 0.000000343. The minimum atomic E-state index is -5.08. The lowest BCUT2D eigenvalue weighted by molar-refractivity contribution is -0.193. The summed E-state index contributed by atoms with van der Waals surface area (Å²) in [5, 5.41) is 23.2. The lowest BCUT2D eigenvalue weighted by Gasteiger charge is -2.14. The summed E-state index contributed by atoms with van der Waals surface area (Å²) in [5.41, 5.74) is 2.97. The summed E-state index contributed by atoms with van der Waals surface area (Å²) in [6.45, 7) is 4.45. The zero-order valence-electron chi connectivity index (χ0n) is 17.7. The van der Waals surface area contributed by atoms with E-state index < -0.39 is 24.3 Å². The lowest BCUT2D eigenvalue weighted by atomic mass is 10.3. The molecule has 1 aromatic carbocycles. The van der Waals surface area contributed by atoms with Gasteiger partial charge in [0.1, 0.15) is 16.9 Å². The summed E-state index contributed by atoms with van der Waals surface area (Å²) >= 11 is 0. The van der Waals surface area contributed by atoms with Gasteiger partial charge in [0.2, 0.25) is 0 Å². The third kappa shape index (κ3) is 10.3. The Labute approximate surface area is 187 Å². The first-order valence-electron chi connectivity index (χ1n) is 9.18. The summed E-state index contributed by atoms with van der Waals surface area (Å²) in [5.74, 6) is -4.52. The second-order valence-electron chi connectivity index (χ2n) is 6.64. The number of nitrogens with one attached hydrogen (secondary N) is 1. The van der Waals surface area contributed by atoms with Crippen LogP contribution in [0.25, 0.3) is 11.0 Å². The molecule has 0 saturated carbocycles. The number of nitrogens with zero attached hydrogens (tertiary/aromatic N) is 5. The normalized spacial score (nSPS) is 11.4. The Morgan fingerprint density at radius 2 is 1.44 bits per heavy atom. The molecule has 0 aliphatic carbocycles. The van der Waals surface area contributed by atoms with E-state index in [9.17, 15) is 26.3 Å². The van der Waals surface area contributed by atoms with Gasteiger partial charge in [-0.15, -0.1) is 0 Å². The molecule has 0 aliphatic heterocycles. The average Bonchev–Trinajstić information content (AvgIpc) is 3.31. The minimum Gasteiger partial charge on any atom is -0.475 e. The van der Waals surface area contributed by atoms with Crippen LogP contribution in [0.4, 0.5) is 26.3 Å². The molecule has 0 atom stereocenters. The minimum absolute atomic E-state index is 0.769. The summed E-state index contributed by atoms with van der Waals surface area (Å²) in [4.78, 5) is 29.3. The first-order valence-corrected chi connectivity index (χ1v) is 9.18. The van der Waals surface area contributed by atoms with E-state index >= 15 is 0 Å². The Hall–Kier alpha value is -3.69. The summed E-state index contributed by atoms with van der Waals surface area (Å²) in [7, 11) is 2.07. The fourth-order valence-corrected chi connectivity index (χ4v) is 2.15. The number of hydrogen-bond acceptors (Lipinski definition) is 6. The van der Waals surface area contributed by atoms with Crippen molar-refractivity contribution in [3.05, 3.63) is 42.0 Å². The maximum absolute atomic E-state index is 10.6. The van der Waals surface area contributed by atoms with Crippen LogP contribution in [0.5, 0.6) is 0 Å². The molecule has 188 valence electrons. The highest BCUT2D eigenvalue weighted by Crippen LogP contribution is 2.13. The molecule has 3 rings (SSSR count). The number of likely N-dealkylation sites (N-methyl/N-ethyl adjacent to an activating group) is 1. The van der Waals surface area contributed by atoms with Gasteiger partial charge < -0.3 is 15.2 Å². The molecule has 3 N–H and O–H groups in total. The van der Waals surface area contributed by atoms with Gasteiger partial charge in [0, 0.05) is 18.4 Å². The fourth-order valence-electron chi connectivity index (χ4n) is 2.15. The maximum atomic E-state index is 10.6. The van der Waals surface area contributed by atoms with Gasteiger partial charge in [0.15, 0.2) is 0 Å². The smallest absolute Gasteiger partial charge is 0.475 e. The van der Waals surface area contributed by atoms with Gasteiger partial charge in [0.25, 0.3) is 0 Å². The molecule has 0 spiro atoms. The van der Waals surface area contributed by atoms with E-state index in [0.717, 1.165) is 42.2 Å². The number of carbonyl (C=O) groups is 2. The number of carboxylic acids is 2. The molecule has 3 aromatic rings. The van der Waals surface area contributed by atoms with Crippen molar-refractivity contribution in [1.82, 2.24) is 29.9 Å². The first-order chi connectivity index (χ1) is 15.6. The number of fused-ring (bicyclic) bond motifs is 1. The summed E-state index contributed by atoms with van der Waals surface area (Å²) in [6.07, 6.45) is -8.31. The molecule has 0 aliphatic rings. The molecular weight excluding hydrogens is 478 g/mol. The van der Waals surface area contributed by atoms with Crippen molar-refractivity contribution in [3.63, 3.8) is 0 Å². The Morgan fingerprint density at radius 3 is 1.79 bits per heavy atom. The van der Waals surface area contributed by atoms with E-state index in [1.165, 1.54) is 0 Å². The van der Waals surface area contributed by atoms with Crippen molar-refractivity contribution in [1.29, 1.82) is 0 Å². The number of aromatic amines is 1. The predicted molar refractivity (Wildman–Crippen MR) is 105 cm³/mol. The predicted octanol–water partition coefficient (Wildman–Crippen LogP) is 2.86. The summed E-state index contributed by atoms with van der Waals surface area (Å²) < 4.78 is 63.5. The number of carboxylic acid groups (broad SMARTS) is 2. The summed E-state index contributed by atoms with van der Waals surface area (Å²) in [6, 6.07) is 7.92. The topological polar surface area (TPSA) is 137 Å². The number of alkyl halides is 6. The quantitative estimate of drug-likeness (QED) is 0.457. The largest absolute Gasteiger partial charge is 0.490 e. The Kier molecular flexibility index (Phi) is 9.97. The second kappa shape index (κ2) is 12.0. The third-order valence-electron chi connectivity index (χ3n) is 3.67. The van der Waals surface area contributed by atoms with Crippen LogP contribution in [0.2, 0.25) is 0 Å². The van der Waals surface area contributed by atoms with Crippen molar-refractivity contribution >= 4 is 23.0 Å². The van der Waals surface area contributed by atoms with Crippen LogP contribution in [0.3, 0.4) is 0 Å². The van der Waals surface area contributed by atoms with Crippen molar-refractivity contribution in [3.8, 4) is 0 Å². The highest BCUT2D eigenvalue weighted by molar-refractivity contribution is 5.73. The van der Waals surface area contributed by atoms with Crippen LogP contribution in [-0.4, -0.2) is 78.0 Å². The van der Waals surface area contributed by atoms with Crippen LogP contribution >= 0.6 is 0 Å². The number of aryl methyl sites for hydroxylation is 1. The molecule has 0 bridgehead atoms. The maximum Gasteiger partial charge on any atom is 0.490 e. The highest BCUT2D eigenvalue weighted by Gasteiger charge is 2.38. The fraction of sp³-hybridized carbons (Fsp3) is 0.389. The van der Waals surface area contributed by atoms with Gasteiger partial charge in [-0.05, 0) is 26.1 Å². The van der Waals surface area contributed by atoms with E-state index in [-0.39, 0.29) is 0 Å². The Morgan fingerprint density at radius 1 is 1.00 bits per heavy atom. The molecule has 0 saturated heterocycles. The van der Waals surface area contributed by atoms with Gasteiger partial charge >= 0.3 is 24.3 Å². The molecule has 34 heavy (non-hydrogen) atoms. The van der Waals surface area contributed by atoms with Crippen LogP contribution in [0, 0.1) is 6.92 Å². The number of hydrogen-bond donors (Lipinski definition) is 3. The zero-order valence-corrected chi connectivity index (χ0v) is 17.7. The van der Waals surface area contributed by atoms with Crippen molar-refractivity contribution in [2.45, 2.75) is 32.4 Å². The SMILES string of the molecule is Cc1cnc(CN(C)CCn2nc3ccccc3n2)[nH]1.O=C(O)C(F)(F)F.O=C(O)C(F)(F)F. The van der Waals surface area contributed by atoms with Crippen molar-refractivity contribution < 1.29 is 46.1 Å². The molecule has 0 unspecified atom stereocenters. The first kappa shape index (κ1) is 28.3. The van der Waals surface area contributed by atoms with E-state index in [2.05, 4.69) is 32.1 Å². The van der Waals surface area contributed by atoms with Gasteiger partial charge in [-0.2, -0.15) is 41.3 Å². The molecule has 0 radical (unpaired) electrons. The van der Waals surface area contributed by atoms with Crippen LogP contribution < -0.4 is 0 Å². The number of aromatic nitrogens is 5.